The van der Waals surface area contributed by atoms with Crippen LogP contribution in [-0.4, -0.2) is 51.2 Å². The summed E-state index contributed by atoms with van der Waals surface area (Å²) in [6.45, 7) is -0.832. The van der Waals surface area contributed by atoms with Crippen LogP contribution < -0.4 is 4.74 Å². The predicted octanol–water partition coefficient (Wildman–Crippen LogP) is -0.996. The number of carbonyl (C=O) groups is 2. The molecule has 0 spiro atoms. The molecule has 0 saturated carbocycles. The van der Waals surface area contributed by atoms with Crippen molar-refractivity contribution >= 4 is 12.3 Å². The lowest BCUT2D eigenvalue weighted by Gasteiger charge is -2.24. The molecule has 7 heteroatoms. The van der Waals surface area contributed by atoms with Gasteiger partial charge < -0.3 is 25.2 Å². The molecule has 0 radical (unpaired) electrons. The summed E-state index contributed by atoms with van der Waals surface area (Å²) in [5.41, 5.74) is 0.409. The first-order valence-corrected chi connectivity index (χ1v) is 4.90. The molecule has 0 aliphatic carbocycles. The van der Waals surface area contributed by atoms with Crippen LogP contribution in [0, 0.1) is 0 Å². The maximum Gasteiger partial charge on any atom is 0.338 e. The highest BCUT2D eigenvalue weighted by molar-refractivity contribution is 5.74. The average Bonchev–Trinajstić information content (AvgIpc) is 2.36. The Morgan fingerprint density at radius 3 is 2.33 bits per heavy atom. The third-order valence-corrected chi connectivity index (χ3v) is 2.14. The van der Waals surface area contributed by atoms with E-state index in [9.17, 15) is 19.8 Å². The first-order valence-electron chi connectivity index (χ1n) is 4.90. The number of benzene rings is 1. The second kappa shape index (κ2) is 5.58. The Morgan fingerprint density at radius 1 is 1.33 bits per heavy atom. The van der Waals surface area contributed by atoms with Gasteiger partial charge in [0.25, 0.3) is 0 Å². The quantitative estimate of drug-likeness (QED) is 0.380. The number of carboxylic acids is 1. The van der Waals surface area contributed by atoms with Crippen LogP contribution in [0.3, 0.4) is 0 Å². The first-order chi connectivity index (χ1) is 8.36. The van der Waals surface area contributed by atoms with Crippen molar-refractivity contribution in [2.24, 2.45) is 0 Å². The van der Waals surface area contributed by atoms with Crippen molar-refractivity contribution in [1.29, 1.82) is 0 Å². The molecule has 0 saturated heterocycles. The van der Waals surface area contributed by atoms with Crippen molar-refractivity contribution in [1.82, 2.24) is 0 Å². The summed E-state index contributed by atoms with van der Waals surface area (Å²) in [5, 5.41) is 35.9. The Hall–Kier alpha value is -1.96. The zero-order valence-corrected chi connectivity index (χ0v) is 9.18. The summed E-state index contributed by atoms with van der Waals surface area (Å²) < 4.78 is 4.90. The summed E-state index contributed by atoms with van der Waals surface area (Å²) in [7, 11) is 0. The van der Waals surface area contributed by atoms with Crippen LogP contribution in [0.1, 0.15) is 10.4 Å². The second-order valence-electron chi connectivity index (χ2n) is 3.59. The summed E-state index contributed by atoms with van der Waals surface area (Å²) in [5.74, 6) is -4.49. The summed E-state index contributed by atoms with van der Waals surface area (Å²) in [6.07, 6.45) is -1.76. The van der Waals surface area contributed by atoms with Gasteiger partial charge in [0.05, 0.1) is 0 Å². The Kier molecular flexibility index (Phi) is 4.38. The number of aliphatic carboxylic acids is 1. The fourth-order valence-corrected chi connectivity index (χ4v) is 1.11. The van der Waals surface area contributed by atoms with Crippen LogP contribution in [0.5, 0.6) is 5.75 Å². The van der Waals surface area contributed by atoms with Crippen molar-refractivity contribution in [2.45, 2.75) is 11.9 Å². The van der Waals surface area contributed by atoms with Gasteiger partial charge in [0, 0.05) is 5.56 Å². The van der Waals surface area contributed by atoms with Crippen molar-refractivity contribution in [3.8, 4) is 5.75 Å². The lowest BCUT2D eigenvalue weighted by Crippen LogP contribution is -2.51. The van der Waals surface area contributed by atoms with E-state index in [1.165, 1.54) is 24.3 Å². The third-order valence-electron chi connectivity index (χ3n) is 2.14. The van der Waals surface area contributed by atoms with Crippen LogP contribution in [-0.2, 0) is 4.79 Å². The lowest BCUT2D eigenvalue weighted by molar-refractivity contribution is -0.241. The highest BCUT2D eigenvalue weighted by atomic mass is 16.6. The van der Waals surface area contributed by atoms with Gasteiger partial charge >= 0.3 is 5.97 Å². The van der Waals surface area contributed by atoms with E-state index in [1.807, 2.05) is 0 Å². The number of aliphatic hydroxyl groups excluding tert-OH is 1. The zero-order chi connectivity index (χ0) is 13.8. The van der Waals surface area contributed by atoms with Gasteiger partial charge in [0.2, 0.25) is 11.9 Å². The van der Waals surface area contributed by atoms with Crippen LogP contribution in [0.4, 0.5) is 0 Å². The van der Waals surface area contributed by atoms with E-state index < -0.39 is 24.5 Å². The molecule has 4 N–H and O–H groups in total. The predicted molar refractivity (Wildman–Crippen MR) is 58.1 cm³/mol. The number of carboxylic acid groups (broad SMARTS) is 1. The molecule has 1 aromatic carbocycles. The van der Waals surface area contributed by atoms with Crippen molar-refractivity contribution in [3.05, 3.63) is 29.8 Å². The minimum absolute atomic E-state index is 0.200. The van der Waals surface area contributed by atoms with Gasteiger partial charge in [-0.25, -0.2) is 4.79 Å². The summed E-state index contributed by atoms with van der Waals surface area (Å²) in [4.78, 5) is 20.8. The van der Waals surface area contributed by atoms with Crippen LogP contribution >= 0.6 is 0 Å². The molecule has 0 heterocycles. The smallest absolute Gasteiger partial charge is 0.338 e. The van der Waals surface area contributed by atoms with E-state index >= 15 is 0 Å². The Morgan fingerprint density at radius 2 is 1.89 bits per heavy atom. The molecule has 0 amide bonds. The molecule has 0 bridgehead atoms. The Labute approximate surface area is 102 Å². The number of hydrogen-bond acceptors (Lipinski definition) is 6. The van der Waals surface area contributed by atoms with Gasteiger partial charge in [-0.3, -0.25) is 4.79 Å². The van der Waals surface area contributed by atoms with E-state index in [4.69, 9.17) is 14.9 Å². The van der Waals surface area contributed by atoms with Crippen molar-refractivity contribution in [2.75, 3.05) is 6.61 Å². The molecule has 1 rings (SSSR count). The second-order valence-corrected chi connectivity index (χ2v) is 3.59. The highest BCUT2D eigenvalue weighted by Gasteiger charge is 2.39. The van der Waals surface area contributed by atoms with Crippen LogP contribution in [0.25, 0.3) is 0 Å². The van der Waals surface area contributed by atoms with E-state index in [1.54, 1.807) is 0 Å². The molecular formula is C11H12O7. The van der Waals surface area contributed by atoms with Gasteiger partial charge in [0.15, 0.2) is 0 Å². The van der Waals surface area contributed by atoms with Gasteiger partial charge in [-0.15, -0.1) is 0 Å². The van der Waals surface area contributed by atoms with E-state index in [0.717, 1.165) is 0 Å². The molecule has 1 unspecified atom stereocenters. The number of aldehydes is 1. The maximum atomic E-state index is 10.4. The Balaban J connectivity index is 2.63. The first kappa shape index (κ1) is 14.1. The van der Waals surface area contributed by atoms with Crippen molar-refractivity contribution in [3.63, 3.8) is 0 Å². The lowest BCUT2D eigenvalue weighted by atomic mass is 10.1. The zero-order valence-electron chi connectivity index (χ0n) is 9.18. The SMILES string of the molecule is O=Cc1ccc(OCC(O)(O)C(O)C(=O)O)cc1. The van der Waals surface area contributed by atoms with E-state index in [2.05, 4.69) is 0 Å². The molecule has 7 nitrogen and oxygen atoms in total. The molecule has 0 aliphatic rings. The third kappa shape index (κ3) is 3.52. The topological polar surface area (TPSA) is 124 Å². The monoisotopic (exact) mass is 256 g/mol. The van der Waals surface area contributed by atoms with Crippen LogP contribution in [0.2, 0.25) is 0 Å². The van der Waals surface area contributed by atoms with E-state index in [-0.39, 0.29) is 5.75 Å². The number of ether oxygens (including phenoxy) is 1. The average molecular weight is 256 g/mol. The number of aliphatic hydroxyl groups is 3. The minimum Gasteiger partial charge on any atom is -0.488 e. The molecule has 0 aromatic heterocycles. The summed E-state index contributed by atoms with van der Waals surface area (Å²) >= 11 is 0. The normalized spacial score (nSPS) is 12.8. The molecule has 1 aromatic rings. The van der Waals surface area contributed by atoms with Crippen LogP contribution in [0.15, 0.2) is 24.3 Å². The van der Waals surface area contributed by atoms with Gasteiger partial charge in [-0.2, -0.15) is 0 Å². The molecule has 0 fully saturated rings. The van der Waals surface area contributed by atoms with E-state index in [0.29, 0.717) is 11.8 Å². The standard InChI is InChI=1S/C11H12O7/c12-5-7-1-3-8(4-2-7)18-6-11(16,17)9(13)10(14)15/h1-5,9,13,16-17H,6H2,(H,14,15). The molecule has 1 atom stereocenters. The molecule has 98 valence electrons. The minimum atomic E-state index is -2.91. The molecular weight excluding hydrogens is 244 g/mol. The highest BCUT2D eigenvalue weighted by Crippen LogP contribution is 2.15. The summed E-state index contributed by atoms with van der Waals surface area (Å²) in [6, 6.07) is 5.67. The fraction of sp³-hybridized carbons (Fsp3) is 0.273. The number of rotatable bonds is 6. The van der Waals surface area contributed by atoms with Gasteiger partial charge in [-0.05, 0) is 24.3 Å². The number of carbonyl (C=O) groups excluding carboxylic acids is 1. The number of hydrogen-bond donors (Lipinski definition) is 4. The van der Waals surface area contributed by atoms with Gasteiger partial charge in [-0.1, -0.05) is 0 Å². The van der Waals surface area contributed by atoms with Crippen molar-refractivity contribution < 1.29 is 34.8 Å². The fourth-order valence-electron chi connectivity index (χ4n) is 1.11. The Bertz CT molecular complexity index is 424. The molecule has 18 heavy (non-hydrogen) atoms. The largest absolute Gasteiger partial charge is 0.488 e. The molecule has 0 aliphatic heterocycles. The maximum absolute atomic E-state index is 10.4. The van der Waals surface area contributed by atoms with Gasteiger partial charge in [0.1, 0.15) is 18.6 Å².